The molecule has 2 aromatic carbocycles. The third-order valence-electron chi connectivity index (χ3n) is 6.01. The maximum absolute atomic E-state index is 13.9. The Morgan fingerprint density at radius 1 is 0.971 bits per heavy atom. The van der Waals surface area contributed by atoms with E-state index in [0.29, 0.717) is 26.0 Å². The minimum absolute atomic E-state index is 0.228. The molecule has 1 aromatic heterocycles. The second-order valence-electron chi connectivity index (χ2n) is 7.96. The minimum Gasteiger partial charge on any atom is -0.480 e. The van der Waals surface area contributed by atoms with E-state index in [0.717, 1.165) is 0 Å². The van der Waals surface area contributed by atoms with Gasteiger partial charge in [-0.05, 0) is 46.8 Å². The number of ether oxygens (including phenoxy) is 1. The SMILES string of the molecule is COCC(=O)N1C(C(=O)O)C(c2ccc(Cl)cc2)C(C(=O)c2cccs2)C1c1ccc(Cl)cc1. The number of carboxylic acids is 1. The average molecular weight is 518 g/mol. The summed E-state index contributed by atoms with van der Waals surface area (Å²) in [6, 6.07) is 14.8. The number of hydrogen-bond donors (Lipinski definition) is 1. The Hall–Kier alpha value is -2.71. The van der Waals surface area contributed by atoms with E-state index in [1.807, 2.05) is 0 Å². The summed E-state index contributed by atoms with van der Waals surface area (Å²) in [6.07, 6.45) is 0. The second kappa shape index (κ2) is 10.3. The average Bonchev–Trinajstić information content (AvgIpc) is 3.47. The number of nitrogens with zero attached hydrogens (tertiary/aromatic N) is 1. The summed E-state index contributed by atoms with van der Waals surface area (Å²) in [7, 11) is 1.37. The van der Waals surface area contributed by atoms with Gasteiger partial charge in [0, 0.05) is 23.1 Å². The van der Waals surface area contributed by atoms with E-state index in [-0.39, 0.29) is 12.4 Å². The number of benzene rings is 2. The van der Waals surface area contributed by atoms with Crippen LogP contribution < -0.4 is 0 Å². The molecule has 1 saturated heterocycles. The minimum atomic E-state index is -1.29. The molecule has 0 spiro atoms. The molecule has 2 heterocycles. The third-order valence-corrected chi connectivity index (χ3v) is 7.40. The van der Waals surface area contributed by atoms with Crippen molar-refractivity contribution < 1.29 is 24.2 Å². The molecule has 4 atom stereocenters. The van der Waals surface area contributed by atoms with Crippen molar-refractivity contribution in [1.82, 2.24) is 4.90 Å². The molecular weight excluding hydrogens is 497 g/mol. The lowest BCUT2D eigenvalue weighted by molar-refractivity contribution is -0.151. The smallest absolute Gasteiger partial charge is 0.327 e. The lowest BCUT2D eigenvalue weighted by Gasteiger charge is -2.30. The quantitative estimate of drug-likeness (QED) is 0.428. The summed E-state index contributed by atoms with van der Waals surface area (Å²) < 4.78 is 5.07. The van der Waals surface area contributed by atoms with Crippen molar-refractivity contribution in [2.24, 2.45) is 5.92 Å². The number of methoxy groups -OCH3 is 1. The van der Waals surface area contributed by atoms with E-state index in [4.69, 9.17) is 27.9 Å². The van der Waals surface area contributed by atoms with E-state index in [1.165, 1.54) is 23.3 Å². The molecule has 1 aliphatic heterocycles. The van der Waals surface area contributed by atoms with E-state index in [2.05, 4.69) is 0 Å². The number of aliphatic carboxylic acids is 1. The van der Waals surface area contributed by atoms with Gasteiger partial charge in [0.1, 0.15) is 12.6 Å². The zero-order valence-corrected chi connectivity index (χ0v) is 20.4. The molecule has 0 bridgehead atoms. The van der Waals surface area contributed by atoms with E-state index >= 15 is 0 Å². The molecule has 0 radical (unpaired) electrons. The van der Waals surface area contributed by atoms with Crippen molar-refractivity contribution in [3.8, 4) is 0 Å². The number of thiophene rings is 1. The molecule has 0 aliphatic carbocycles. The van der Waals surface area contributed by atoms with Gasteiger partial charge in [0.15, 0.2) is 5.78 Å². The van der Waals surface area contributed by atoms with E-state index < -0.39 is 35.8 Å². The highest BCUT2D eigenvalue weighted by Gasteiger charge is 2.57. The van der Waals surface area contributed by atoms with Gasteiger partial charge in [-0.15, -0.1) is 11.3 Å². The first-order valence-corrected chi connectivity index (χ1v) is 12.1. The van der Waals surface area contributed by atoms with Crippen LogP contribution in [0, 0.1) is 5.92 Å². The number of amides is 1. The summed E-state index contributed by atoms with van der Waals surface area (Å²) in [6.45, 7) is -0.318. The fraction of sp³-hybridized carbons (Fsp3) is 0.240. The molecule has 9 heteroatoms. The molecule has 1 aliphatic rings. The second-order valence-corrected chi connectivity index (χ2v) is 9.78. The lowest BCUT2D eigenvalue weighted by Crippen LogP contribution is -2.45. The van der Waals surface area contributed by atoms with Crippen LogP contribution in [0.15, 0.2) is 66.0 Å². The van der Waals surface area contributed by atoms with Gasteiger partial charge in [-0.3, -0.25) is 9.59 Å². The van der Waals surface area contributed by atoms with Crippen LogP contribution in [0.2, 0.25) is 10.0 Å². The number of carboxylic acid groups (broad SMARTS) is 1. The number of halogens is 2. The van der Waals surface area contributed by atoms with E-state index in [9.17, 15) is 19.5 Å². The van der Waals surface area contributed by atoms with Crippen LogP contribution in [-0.2, 0) is 14.3 Å². The van der Waals surface area contributed by atoms with Crippen LogP contribution >= 0.6 is 34.5 Å². The molecule has 3 aromatic rings. The number of likely N-dealkylation sites (tertiary alicyclic amines) is 1. The summed E-state index contributed by atoms with van der Waals surface area (Å²) >= 11 is 13.5. The first-order chi connectivity index (χ1) is 16.3. The number of hydrogen-bond acceptors (Lipinski definition) is 5. The van der Waals surface area contributed by atoms with Crippen molar-refractivity contribution in [2.45, 2.75) is 18.0 Å². The predicted molar refractivity (Wildman–Crippen MR) is 131 cm³/mol. The number of rotatable bonds is 7. The van der Waals surface area contributed by atoms with Crippen LogP contribution in [-0.4, -0.2) is 47.4 Å². The molecule has 4 unspecified atom stereocenters. The number of ketones is 1. The Balaban J connectivity index is 1.97. The van der Waals surface area contributed by atoms with Gasteiger partial charge in [-0.1, -0.05) is 53.5 Å². The van der Waals surface area contributed by atoms with E-state index in [1.54, 1.807) is 66.0 Å². The molecule has 1 amide bonds. The van der Waals surface area contributed by atoms with Crippen LogP contribution in [0.1, 0.15) is 32.8 Å². The van der Waals surface area contributed by atoms with Crippen molar-refractivity contribution >= 4 is 52.2 Å². The van der Waals surface area contributed by atoms with Gasteiger partial charge in [0.25, 0.3) is 0 Å². The van der Waals surface area contributed by atoms with Crippen molar-refractivity contribution in [3.05, 3.63) is 92.1 Å². The van der Waals surface area contributed by atoms with Gasteiger partial charge in [-0.25, -0.2) is 4.79 Å². The molecule has 34 heavy (non-hydrogen) atoms. The fourth-order valence-electron chi connectivity index (χ4n) is 4.68. The highest BCUT2D eigenvalue weighted by atomic mass is 35.5. The Labute approximate surface area is 210 Å². The summed E-state index contributed by atoms with van der Waals surface area (Å²) in [5, 5.41) is 13.1. The Morgan fingerprint density at radius 2 is 1.56 bits per heavy atom. The fourth-order valence-corrected chi connectivity index (χ4v) is 5.65. The molecule has 1 N–H and O–H groups in total. The van der Waals surface area contributed by atoms with Gasteiger partial charge < -0.3 is 14.7 Å². The molecule has 1 fully saturated rings. The first-order valence-electron chi connectivity index (χ1n) is 10.4. The maximum Gasteiger partial charge on any atom is 0.327 e. The highest BCUT2D eigenvalue weighted by molar-refractivity contribution is 7.12. The van der Waals surface area contributed by atoms with Gasteiger partial charge in [0.05, 0.1) is 16.8 Å². The summed E-state index contributed by atoms with van der Waals surface area (Å²) in [5.41, 5.74) is 1.23. The monoisotopic (exact) mass is 517 g/mol. The zero-order valence-electron chi connectivity index (χ0n) is 18.1. The van der Waals surface area contributed by atoms with Gasteiger partial charge >= 0.3 is 5.97 Å². The van der Waals surface area contributed by atoms with Crippen LogP contribution in [0.3, 0.4) is 0 Å². The molecular formula is C25H21Cl2NO5S. The Morgan fingerprint density at radius 3 is 2.06 bits per heavy atom. The number of carbonyl (C=O) groups excluding carboxylic acids is 2. The van der Waals surface area contributed by atoms with Crippen LogP contribution in [0.25, 0.3) is 0 Å². The first kappa shape index (κ1) is 24.4. The largest absolute Gasteiger partial charge is 0.480 e. The van der Waals surface area contributed by atoms with Crippen molar-refractivity contribution in [2.75, 3.05) is 13.7 Å². The predicted octanol–water partition coefficient (Wildman–Crippen LogP) is 5.32. The molecule has 0 saturated carbocycles. The summed E-state index contributed by atoms with van der Waals surface area (Å²) in [4.78, 5) is 41.6. The zero-order chi connectivity index (χ0) is 24.4. The van der Waals surface area contributed by atoms with Gasteiger partial charge in [-0.2, -0.15) is 0 Å². The third kappa shape index (κ3) is 4.61. The summed E-state index contributed by atoms with van der Waals surface area (Å²) in [5.74, 6) is -3.62. The van der Waals surface area contributed by atoms with Crippen molar-refractivity contribution in [3.63, 3.8) is 0 Å². The topological polar surface area (TPSA) is 83.9 Å². The molecule has 6 nitrogen and oxygen atoms in total. The number of Topliss-reactive ketones (excluding diaryl/α,β-unsaturated/α-hetero) is 1. The lowest BCUT2D eigenvalue weighted by atomic mass is 9.77. The van der Waals surface area contributed by atoms with Crippen LogP contribution in [0.5, 0.6) is 0 Å². The van der Waals surface area contributed by atoms with Gasteiger partial charge in [0.2, 0.25) is 5.91 Å². The molecule has 4 rings (SSSR count). The number of carbonyl (C=O) groups is 3. The molecule has 176 valence electrons. The highest BCUT2D eigenvalue weighted by Crippen LogP contribution is 2.51. The standard InChI is InChI=1S/C25H21Cl2NO5S/c1-33-13-19(29)28-22(15-6-10-17(27)11-7-15)21(24(30)18-3-2-12-34-18)20(23(28)25(31)32)14-4-8-16(26)9-5-14/h2-12,20-23H,13H2,1H3,(H,31,32). The van der Waals surface area contributed by atoms with Crippen molar-refractivity contribution in [1.29, 1.82) is 0 Å². The normalized spacial score (nSPS) is 22.0. The Bertz CT molecular complexity index is 1180. The maximum atomic E-state index is 13.9. The Kier molecular flexibility index (Phi) is 7.38. The van der Waals surface area contributed by atoms with Crippen LogP contribution in [0.4, 0.5) is 0 Å².